The molecule has 1 aromatic rings. The summed E-state index contributed by atoms with van der Waals surface area (Å²) in [6, 6.07) is 3.38. The molecule has 1 nitrogen and oxygen atoms in total. The predicted octanol–water partition coefficient (Wildman–Crippen LogP) is 3.52. The molecule has 0 aliphatic rings. The van der Waals surface area contributed by atoms with Gasteiger partial charge in [0, 0.05) is 6.07 Å². The second-order valence-corrected chi connectivity index (χ2v) is 3.69. The predicted molar refractivity (Wildman–Crippen MR) is 56.4 cm³/mol. The molecule has 78 valence electrons. The molecule has 1 aromatic carbocycles. The van der Waals surface area contributed by atoms with Crippen LogP contribution >= 0.6 is 0 Å². The van der Waals surface area contributed by atoms with Crippen molar-refractivity contribution in [3.63, 3.8) is 0 Å². The molecule has 0 fully saturated rings. The highest BCUT2D eigenvalue weighted by Crippen LogP contribution is 2.27. The number of rotatable bonds is 3. The lowest BCUT2D eigenvalue weighted by atomic mass is 9.98. The minimum Gasteiger partial charge on any atom is -0.496 e. The average Bonchev–Trinajstić information content (AvgIpc) is 2.16. The van der Waals surface area contributed by atoms with E-state index in [1.165, 1.54) is 6.07 Å². The molecule has 0 saturated heterocycles. The number of hydrogen-bond acceptors (Lipinski definition) is 1. The smallest absolute Gasteiger partial charge is 0.130 e. The van der Waals surface area contributed by atoms with E-state index in [1.54, 1.807) is 7.11 Å². The zero-order chi connectivity index (χ0) is 10.7. The van der Waals surface area contributed by atoms with E-state index in [-0.39, 0.29) is 11.7 Å². The standard InChI is InChI=1S/C12H17FO/c1-5-9-6-10(8(2)3)11(13)7-12(9)14-4/h6-8H,5H2,1-4H3. The molecule has 0 aliphatic carbocycles. The van der Waals surface area contributed by atoms with Crippen LogP contribution in [0.5, 0.6) is 5.75 Å². The molecule has 0 spiro atoms. The normalized spacial score (nSPS) is 10.7. The number of hydrogen-bond donors (Lipinski definition) is 0. The summed E-state index contributed by atoms with van der Waals surface area (Å²) >= 11 is 0. The van der Waals surface area contributed by atoms with Gasteiger partial charge in [-0.15, -0.1) is 0 Å². The van der Waals surface area contributed by atoms with Crippen LogP contribution < -0.4 is 4.74 Å². The van der Waals surface area contributed by atoms with Crippen molar-refractivity contribution in [1.29, 1.82) is 0 Å². The number of halogens is 1. The van der Waals surface area contributed by atoms with Gasteiger partial charge < -0.3 is 4.74 Å². The summed E-state index contributed by atoms with van der Waals surface area (Å²) in [4.78, 5) is 0. The Balaban J connectivity index is 3.23. The third-order valence-electron chi connectivity index (χ3n) is 2.40. The highest BCUT2D eigenvalue weighted by atomic mass is 19.1. The molecule has 14 heavy (non-hydrogen) atoms. The third-order valence-corrected chi connectivity index (χ3v) is 2.40. The van der Waals surface area contributed by atoms with E-state index < -0.39 is 0 Å². The first kappa shape index (κ1) is 11.0. The SMILES string of the molecule is CCc1cc(C(C)C)c(F)cc1OC. The van der Waals surface area contributed by atoms with Crippen LogP contribution in [0.4, 0.5) is 4.39 Å². The van der Waals surface area contributed by atoms with Gasteiger partial charge in [-0.25, -0.2) is 4.39 Å². The van der Waals surface area contributed by atoms with Gasteiger partial charge in [-0.2, -0.15) is 0 Å². The summed E-state index contributed by atoms with van der Waals surface area (Å²) in [5.74, 6) is 0.689. The van der Waals surface area contributed by atoms with Crippen LogP contribution in [0.1, 0.15) is 37.8 Å². The average molecular weight is 196 g/mol. The summed E-state index contributed by atoms with van der Waals surface area (Å²) in [6.07, 6.45) is 0.864. The second-order valence-electron chi connectivity index (χ2n) is 3.69. The molecule has 0 heterocycles. The van der Waals surface area contributed by atoms with Gasteiger partial charge in [0.25, 0.3) is 0 Å². The molecular weight excluding hydrogens is 179 g/mol. The maximum absolute atomic E-state index is 13.5. The van der Waals surface area contributed by atoms with Crippen molar-refractivity contribution < 1.29 is 9.13 Å². The summed E-state index contributed by atoms with van der Waals surface area (Å²) in [5.41, 5.74) is 1.83. The fourth-order valence-corrected chi connectivity index (χ4v) is 1.53. The monoisotopic (exact) mass is 196 g/mol. The summed E-state index contributed by atoms with van der Waals surface area (Å²) in [7, 11) is 1.57. The van der Waals surface area contributed by atoms with Gasteiger partial charge in [0.15, 0.2) is 0 Å². The van der Waals surface area contributed by atoms with Crippen molar-refractivity contribution in [1.82, 2.24) is 0 Å². The Hall–Kier alpha value is -1.05. The second kappa shape index (κ2) is 4.45. The van der Waals surface area contributed by atoms with Crippen LogP contribution in [-0.4, -0.2) is 7.11 Å². The first-order chi connectivity index (χ1) is 6.60. The summed E-state index contributed by atoms with van der Waals surface area (Å²) in [6.45, 7) is 6.02. The Kier molecular flexibility index (Phi) is 3.50. The first-order valence-electron chi connectivity index (χ1n) is 4.96. The van der Waals surface area contributed by atoms with E-state index in [2.05, 4.69) is 0 Å². The van der Waals surface area contributed by atoms with E-state index in [0.717, 1.165) is 17.5 Å². The number of benzene rings is 1. The minimum atomic E-state index is -0.172. The van der Waals surface area contributed by atoms with E-state index in [4.69, 9.17) is 4.74 Å². The first-order valence-corrected chi connectivity index (χ1v) is 4.96. The molecule has 0 bridgehead atoms. The van der Waals surface area contributed by atoms with E-state index in [0.29, 0.717) is 5.75 Å². The molecular formula is C12H17FO. The highest BCUT2D eigenvalue weighted by Gasteiger charge is 2.11. The lowest BCUT2D eigenvalue weighted by Crippen LogP contribution is -1.98. The molecule has 0 N–H and O–H groups in total. The third kappa shape index (κ3) is 2.06. The Bertz CT molecular complexity index is 318. The molecule has 0 aromatic heterocycles. The molecule has 0 saturated carbocycles. The van der Waals surface area contributed by atoms with Gasteiger partial charge in [0.05, 0.1) is 7.11 Å². The van der Waals surface area contributed by atoms with Crippen molar-refractivity contribution in [3.05, 3.63) is 29.1 Å². The van der Waals surface area contributed by atoms with Gasteiger partial charge in [0.1, 0.15) is 11.6 Å². The quantitative estimate of drug-likeness (QED) is 0.718. The highest BCUT2D eigenvalue weighted by molar-refractivity contribution is 5.39. The van der Waals surface area contributed by atoms with E-state index in [1.807, 2.05) is 26.8 Å². The topological polar surface area (TPSA) is 9.23 Å². The van der Waals surface area contributed by atoms with Gasteiger partial charge in [-0.05, 0) is 29.5 Å². The van der Waals surface area contributed by atoms with Crippen molar-refractivity contribution in [3.8, 4) is 5.75 Å². The summed E-state index contributed by atoms with van der Waals surface area (Å²) < 4.78 is 18.6. The fraction of sp³-hybridized carbons (Fsp3) is 0.500. The molecule has 0 unspecified atom stereocenters. The Labute approximate surface area is 84.9 Å². The minimum absolute atomic E-state index is 0.172. The fourth-order valence-electron chi connectivity index (χ4n) is 1.53. The molecule has 0 atom stereocenters. The molecule has 0 radical (unpaired) electrons. The zero-order valence-corrected chi connectivity index (χ0v) is 9.23. The van der Waals surface area contributed by atoms with Gasteiger partial charge in [-0.3, -0.25) is 0 Å². The van der Waals surface area contributed by atoms with E-state index >= 15 is 0 Å². The zero-order valence-electron chi connectivity index (χ0n) is 9.23. The van der Waals surface area contributed by atoms with Crippen LogP contribution in [0, 0.1) is 5.82 Å². The van der Waals surface area contributed by atoms with Crippen LogP contribution in [0.3, 0.4) is 0 Å². The Morgan fingerprint density at radius 2 is 2.00 bits per heavy atom. The summed E-state index contributed by atoms with van der Waals surface area (Å²) in [5, 5.41) is 0. The van der Waals surface area contributed by atoms with Crippen molar-refractivity contribution in [2.45, 2.75) is 33.1 Å². The molecule has 2 heteroatoms. The van der Waals surface area contributed by atoms with Crippen LogP contribution in [-0.2, 0) is 6.42 Å². The maximum atomic E-state index is 13.5. The lowest BCUT2D eigenvalue weighted by molar-refractivity contribution is 0.405. The largest absolute Gasteiger partial charge is 0.496 e. The van der Waals surface area contributed by atoms with Gasteiger partial charge in [0.2, 0.25) is 0 Å². The van der Waals surface area contributed by atoms with Crippen molar-refractivity contribution in [2.75, 3.05) is 7.11 Å². The molecule has 1 rings (SSSR count). The number of methoxy groups -OCH3 is 1. The van der Waals surface area contributed by atoms with Crippen LogP contribution in [0.15, 0.2) is 12.1 Å². The Morgan fingerprint density at radius 3 is 2.43 bits per heavy atom. The van der Waals surface area contributed by atoms with E-state index in [9.17, 15) is 4.39 Å². The van der Waals surface area contributed by atoms with Gasteiger partial charge >= 0.3 is 0 Å². The van der Waals surface area contributed by atoms with Crippen molar-refractivity contribution >= 4 is 0 Å². The number of ether oxygens (including phenoxy) is 1. The van der Waals surface area contributed by atoms with Gasteiger partial charge in [-0.1, -0.05) is 20.8 Å². The van der Waals surface area contributed by atoms with Crippen LogP contribution in [0.25, 0.3) is 0 Å². The molecule has 0 amide bonds. The van der Waals surface area contributed by atoms with Crippen molar-refractivity contribution in [2.24, 2.45) is 0 Å². The molecule has 0 aliphatic heterocycles. The number of aryl methyl sites for hydroxylation is 1. The van der Waals surface area contributed by atoms with Crippen LogP contribution in [0.2, 0.25) is 0 Å². The Morgan fingerprint density at radius 1 is 1.36 bits per heavy atom. The maximum Gasteiger partial charge on any atom is 0.130 e. The lowest BCUT2D eigenvalue weighted by Gasteiger charge is -2.12.